The lowest BCUT2D eigenvalue weighted by Crippen LogP contribution is -2.34. The van der Waals surface area contributed by atoms with Crippen LogP contribution in [0.1, 0.15) is 19.3 Å². The SMILES string of the molecule is CN(c1cnnc(N2CCCC2)n1)C1CCS(=O)(=O)C1. The largest absolute Gasteiger partial charge is 0.354 e. The molecule has 0 spiro atoms. The molecule has 1 atom stereocenters. The summed E-state index contributed by atoms with van der Waals surface area (Å²) < 4.78 is 23.1. The van der Waals surface area contributed by atoms with Crippen LogP contribution in [0.25, 0.3) is 0 Å². The summed E-state index contributed by atoms with van der Waals surface area (Å²) in [6.45, 7) is 1.93. The first-order chi connectivity index (χ1) is 9.55. The molecule has 3 heterocycles. The summed E-state index contributed by atoms with van der Waals surface area (Å²) in [5, 5.41) is 8.09. The number of hydrogen-bond donors (Lipinski definition) is 0. The Labute approximate surface area is 118 Å². The Bertz CT molecular complexity index is 585. The van der Waals surface area contributed by atoms with Gasteiger partial charge in [0.05, 0.1) is 17.7 Å². The van der Waals surface area contributed by atoms with Gasteiger partial charge < -0.3 is 9.80 Å². The van der Waals surface area contributed by atoms with Crippen LogP contribution in [-0.2, 0) is 9.84 Å². The predicted molar refractivity (Wildman–Crippen MR) is 76.7 cm³/mol. The first-order valence-corrected chi connectivity index (χ1v) is 8.75. The highest BCUT2D eigenvalue weighted by Gasteiger charge is 2.31. The molecule has 2 fully saturated rings. The van der Waals surface area contributed by atoms with Crippen LogP contribution in [0, 0.1) is 0 Å². The van der Waals surface area contributed by atoms with E-state index in [4.69, 9.17) is 0 Å². The number of hydrogen-bond acceptors (Lipinski definition) is 7. The van der Waals surface area contributed by atoms with E-state index < -0.39 is 9.84 Å². The third kappa shape index (κ3) is 2.70. The Hall–Kier alpha value is -1.44. The van der Waals surface area contributed by atoms with Crippen molar-refractivity contribution in [1.82, 2.24) is 15.2 Å². The van der Waals surface area contributed by atoms with E-state index >= 15 is 0 Å². The third-order valence-corrected chi connectivity index (χ3v) is 5.79. The van der Waals surface area contributed by atoms with Crippen molar-refractivity contribution in [2.75, 3.05) is 41.4 Å². The van der Waals surface area contributed by atoms with Crippen molar-refractivity contribution in [1.29, 1.82) is 0 Å². The molecule has 0 N–H and O–H groups in total. The predicted octanol–water partition coefficient (Wildman–Crippen LogP) is 0.0951. The van der Waals surface area contributed by atoms with E-state index in [-0.39, 0.29) is 17.5 Å². The van der Waals surface area contributed by atoms with Crippen molar-refractivity contribution in [3.05, 3.63) is 6.20 Å². The fourth-order valence-electron chi connectivity index (χ4n) is 2.77. The van der Waals surface area contributed by atoms with Crippen LogP contribution in [0.5, 0.6) is 0 Å². The third-order valence-electron chi connectivity index (χ3n) is 4.04. The minimum Gasteiger partial charge on any atom is -0.354 e. The Kier molecular flexibility index (Phi) is 3.49. The minimum atomic E-state index is -2.89. The Morgan fingerprint density at radius 3 is 2.75 bits per heavy atom. The molecule has 2 aliphatic rings. The molecule has 7 nitrogen and oxygen atoms in total. The van der Waals surface area contributed by atoms with Gasteiger partial charge in [0.2, 0.25) is 5.95 Å². The second-order valence-electron chi connectivity index (χ2n) is 5.48. The molecule has 0 radical (unpaired) electrons. The van der Waals surface area contributed by atoms with E-state index in [1.165, 1.54) is 0 Å². The maximum Gasteiger partial charge on any atom is 0.247 e. The zero-order valence-corrected chi connectivity index (χ0v) is 12.4. The summed E-state index contributed by atoms with van der Waals surface area (Å²) in [7, 11) is -1.01. The molecule has 2 saturated heterocycles. The van der Waals surface area contributed by atoms with Crippen LogP contribution in [0.3, 0.4) is 0 Å². The summed E-state index contributed by atoms with van der Waals surface area (Å²) >= 11 is 0. The van der Waals surface area contributed by atoms with Gasteiger partial charge >= 0.3 is 0 Å². The summed E-state index contributed by atoms with van der Waals surface area (Å²) in [6, 6.07) is -0.0110. The van der Waals surface area contributed by atoms with Crippen molar-refractivity contribution in [2.45, 2.75) is 25.3 Å². The topological polar surface area (TPSA) is 79.3 Å². The normalized spacial score (nSPS) is 25.1. The average molecular weight is 297 g/mol. The molecule has 1 aromatic heterocycles. The molecule has 0 bridgehead atoms. The van der Waals surface area contributed by atoms with Gasteiger partial charge in [-0.2, -0.15) is 10.1 Å². The Morgan fingerprint density at radius 2 is 2.10 bits per heavy atom. The summed E-state index contributed by atoms with van der Waals surface area (Å²) in [5.74, 6) is 1.81. The van der Waals surface area contributed by atoms with E-state index in [2.05, 4.69) is 20.1 Å². The van der Waals surface area contributed by atoms with E-state index in [0.29, 0.717) is 18.2 Å². The van der Waals surface area contributed by atoms with Gasteiger partial charge in [-0.05, 0) is 19.3 Å². The summed E-state index contributed by atoms with van der Waals surface area (Å²) in [4.78, 5) is 8.57. The molecule has 3 rings (SSSR count). The second-order valence-corrected chi connectivity index (χ2v) is 7.71. The molecule has 110 valence electrons. The maximum atomic E-state index is 11.6. The summed E-state index contributed by atoms with van der Waals surface area (Å²) in [6.07, 6.45) is 4.57. The standard InChI is InChI=1S/C12H19N5O2S/c1-16(10-4-7-20(18,19)9-10)11-8-13-15-12(14-11)17-5-2-3-6-17/h8,10H,2-7,9H2,1H3. The maximum absolute atomic E-state index is 11.6. The first-order valence-electron chi connectivity index (χ1n) is 6.93. The first kappa shape index (κ1) is 13.5. The summed E-state index contributed by atoms with van der Waals surface area (Å²) in [5.41, 5.74) is 0. The fraction of sp³-hybridized carbons (Fsp3) is 0.750. The Morgan fingerprint density at radius 1 is 1.35 bits per heavy atom. The average Bonchev–Trinajstić information content (AvgIpc) is 3.07. The van der Waals surface area contributed by atoms with Crippen LogP contribution in [0.4, 0.5) is 11.8 Å². The number of sulfone groups is 1. The minimum absolute atomic E-state index is 0.0110. The number of rotatable bonds is 3. The quantitative estimate of drug-likeness (QED) is 0.782. The highest BCUT2D eigenvalue weighted by atomic mass is 32.2. The van der Waals surface area contributed by atoms with E-state index in [0.717, 1.165) is 25.9 Å². The number of aromatic nitrogens is 3. The van der Waals surface area contributed by atoms with Crippen molar-refractivity contribution in [3.8, 4) is 0 Å². The molecule has 0 aliphatic carbocycles. The zero-order chi connectivity index (χ0) is 14.2. The molecular formula is C12H19N5O2S. The van der Waals surface area contributed by atoms with E-state index in [9.17, 15) is 8.42 Å². The zero-order valence-electron chi connectivity index (χ0n) is 11.6. The van der Waals surface area contributed by atoms with Crippen LogP contribution in [0.15, 0.2) is 6.20 Å². The Balaban J connectivity index is 1.78. The van der Waals surface area contributed by atoms with Crippen LogP contribution >= 0.6 is 0 Å². The lowest BCUT2D eigenvalue weighted by molar-refractivity contribution is 0.600. The molecular weight excluding hydrogens is 278 g/mol. The van der Waals surface area contributed by atoms with Crippen LogP contribution in [-0.4, -0.2) is 61.3 Å². The van der Waals surface area contributed by atoms with Crippen molar-refractivity contribution in [2.24, 2.45) is 0 Å². The lowest BCUT2D eigenvalue weighted by atomic mass is 10.2. The van der Waals surface area contributed by atoms with Crippen molar-refractivity contribution >= 4 is 21.6 Å². The monoisotopic (exact) mass is 297 g/mol. The van der Waals surface area contributed by atoms with E-state index in [1.807, 2.05) is 11.9 Å². The van der Waals surface area contributed by atoms with Crippen molar-refractivity contribution in [3.63, 3.8) is 0 Å². The van der Waals surface area contributed by atoms with Gasteiger partial charge in [0.25, 0.3) is 0 Å². The number of nitrogens with zero attached hydrogens (tertiary/aromatic N) is 5. The molecule has 1 aromatic rings. The van der Waals surface area contributed by atoms with Crippen LogP contribution < -0.4 is 9.80 Å². The van der Waals surface area contributed by atoms with Crippen LogP contribution in [0.2, 0.25) is 0 Å². The van der Waals surface area contributed by atoms with Gasteiger partial charge in [0.1, 0.15) is 0 Å². The second kappa shape index (κ2) is 5.16. The van der Waals surface area contributed by atoms with Gasteiger partial charge in [0.15, 0.2) is 15.7 Å². The smallest absolute Gasteiger partial charge is 0.247 e. The highest BCUT2D eigenvalue weighted by molar-refractivity contribution is 7.91. The molecule has 20 heavy (non-hydrogen) atoms. The lowest BCUT2D eigenvalue weighted by Gasteiger charge is -2.25. The number of anilines is 2. The molecule has 1 unspecified atom stereocenters. The van der Waals surface area contributed by atoms with Gasteiger partial charge in [0, 0.05) is 26.2 Å². The fourth-order valence-corrected chi connectivity index (χ4v) is 4.55. The molecule has 0 amide bonds. The van der Waals surface area contributed by atoms with Gasteiger partial charge in [-0.3, -0.25) is 0 Å². The molecule has 0 saturated carbocycles. The van der Waals surface area contributed by atoms with Gasteiger partial charge in [-0.1, -0.05) is 0 Å². The molecule has 0 aromatic carbocycles. The van der Waals surface area contributed by atoms with Crippen molar-refractivity contribution < 1.29 is 8.42 Å². The van der Waals surface area contributed by atoms with E-state index in [1.54, 1.807) is 6.20 Å². The van der Waals surface area contributed by atoms with Gasteiger partial charge in [-0.15, -0.1) is 5.10 Å². The highest BCUT2D eigenvalue weighted by Crippen LogP contribution is 2.22. The molecule has 8 heteroatoms. The molecule has 2 aliphatic heterocycles. The van der Waals surface area contributed by atoms with Gasteiger partial charge in [-0.25, -0.2) is 8.42 Å².